The van der Waals surface area contributed by atoms with Crippen LogP contribution >= 0.6 is 0 Å². The minimum Gasteiger partial charge on any atom is -0.350 e. The van der Waals surface area contributed by atoms with E-state index in [4.69, 9.17) is 5.73 Å². The van der Waals surface area contributed by atoms with E-state index in [1.807, 2.05) is 12.1 Å². The number of amides is 1. The van der Waals surface area contributed by atoms with Gasteiger partial charge in [-0.2, -0.15) is 0 Å². The van der Waals surface area contributed by atoms with Gasteiger partial charge in [0.1, 0.15) is 0 Å². The van der Waals surface area contributed by atoms with E-state index in [9.17, 15) is 4.79 Å². The molecule has 1 aromatic rings. The highest BCUT2D eigenvalue weighted by Crippen LogP contribution is 2.44. The fourth-order valence-corrected chi connectivity index (χ4v) is 1.98. The molecule has 0 radical (unpaired) electrons. The highest BCUT2D eigenvalue weighted by Gasteiger charge is 2.48. The number of hydrogen-bond acceptors (Lipinski definition) is 3. The van der Waals surface area contributed by atoms with E-state index in [0.29, 0.717) is 13.1 Å². The first-order valence-corrected chi connectivity index (χ1v) is 6.13. The second-order valence-corrected chi connectivity index (χ2v) is 4.63. The molecule has 1 aliphatic carbocycles. The third-order valence-corrected chi connectivity index (χ3v) is 3.51. The zero-order valence-electron chi connectivity index (χ0n) is 10.2. The van der Waals surface area contributed by atoms with Crippen LogP contribution in [0.25, 0.3) is 0 Å². The van der Waals surface area contributed by atoms with E-state index >= 15 is 0 Å². The molecular weight excluding hydrogens is 214 g/mol. The highest BCUT2D eigenvalue weighted by molar-refractivity contribution is 5.85. The summed E-state index contributed by atoms with van der Waals surface area (Å²) in [6.07, 6.45) is 4.52. The smallest absolute Gasteiger partial charge is 0.227 e. The number of carbonyl (C=O) groups excluding carboxylic acids is 1. The molecule has 1 aromatic heterocycles. The lowest BCUT2D eigenvalue weighted by Gasteiger charge is -2.13. The molecular formula is C13H19N3O. The topological polar surface area (TPSA) is 68.0 Å². The Hall–Kier alpha value is -1.42. The van der Waals surface area contributed by atoms with Crippen LogP contribution in [0.4, 0.5) is 0 Å². The van der Waals surface area contributed by atoms with Gasteiger partial charge < -0.3 is 11.1 Å². The number of nitrogens with one attached hydrogen (secondary N) is 1. The van der Waals surface area contributed by atoms with Crippen molar-refractivity contribution in [2.45, 2.75) is 32.7 Å². The van der Waals surface area contributed by atoms with Gasteiger partial charge in [-0.1, -0.05) is 13.0 Å². The van der Waals surface area contributed by atoms with Gasteiger partial charge in [0.25, 0.3) is 0 Å². The van der Waals surface area contributed by atoms with Gasteiger partial charge in [-0.3, -0.25) is 9.78 Å². The summed E-state index contributed by atoms with van der Waals surface area (Å²) in [5.74, 6) is 0.0766. The fourth-order valence-electron chi connectivity index (χ4n) is 1.98. The summed E-state index contributed by atoms with van der Waals surface area (Å²) >= 11 is 0. The van der Waals surface area contributed by atoms with E-state index in [1.54, 1.807) is 6.20 Å². The van der Waals surface area contributed by atoms with Gasteiger partial charge in [-0.25, -0.2) is 0 Å². The second kappa shape index (κ2) is 4.84. The van der Waals surface area contributed by atoms with Crippen molar-refractivity contribution in [1.82, 2.24) is 10.3 Å². The SMILES string of the molecule is CCc1cccnc1CNC(=O)C1(CN)CC1. The van der Waals surface area contributed by atoms with Crippen molar-refractivity contribution >= 4 is 5.91 Å². The molecule has 1 aliphatic rings. The number of rotatable bonds is 5. The predicted molar refractivity (Wildman–Crippen MR) is 66.2 cm³/mol. The normalized spacial score (nSPS) is 16.6. The highest BCUT2D eigenvalue weighted by atomic mass is 16.2. The number of aromatic nitrogens is 1. The zero-order valence-corrected chi connectivity index (χ0v) is 10.2. The van der Waals surface area contributed by atoms with Gasteiger partial charge in [-0.15, -0.1) is 0 Å². The minimum atomic E-state index is -0.277. The molecule has 1 saturated carbocycles. The van der Waals surface area contributed by atoms with Crippen molar-refractivity contribution in [3.8, 4) is 0 Å². The summed E-state index contributed by atoms with van der Waals surface area (Å²) in [4.78, 5) is 16.2. The van der Waals surface area contributed by atoms with Crippen molar-refractivity contribution in [2.24, 2.45) is 11.1 Å². The van der Waals surface area contributed by atoms with Gasteiger partial charge >= 0.3 is 0 Å². The third-order valence-electron chi connectivity index (χ3n) is 3.51. The van der Waals surface area contributed by atoms with Crippen molar-refractivity contribution in [3.05, 3.63) is 29.6 Å². The second-order valence-electron chi connectivity index (χ2n) is 4.63. The summed E-state index contributed by atoms with van der Waals surface area (Å²) in [7, 11) is 0. The Labute approximate surface area is 102 Å². The molecule has 92 valence electrons. The molecule has 0 bridgehead atoms. The molecule has 0 spiro atoms. The predicted octanol–water partition coefficient (Wildman–Crippen LogP) is 0.999. The van der Waals surface area contributed by atoms with E-state index in [0.717, 1.165) is 25.0 Å². The first-order valence-electron chi connectivity index (χ1n) is 6.13. The van der Waals surface area contributed by atoms with Gasteiger partial charge in [0.15, 0.2) is 0 Å². The van der Waals surface area contributed by atoms with E-state index in [1.165, 1.54) is 5.56 Å². The summed E-state index contributed by atoms with van der Waals surface area (Å²) in [6.45, 7) is 3.04. The van der Waals surface area contributed by atoms with Crippen LogP contribution in [0.1, 0.15) is 31.0 Å². The number of pyridine rings is 1. The Morgan fingerprint density at radius 2 is 2.35 bits per heavy atom. The number of hydrogen-bond donors (Lipinski definition) is 2. The molecule has 17 heavy (non-hydrogen) atoms. The van der Waals surface area contributed by atoms with Crippen molar-refractivity contribution in [3.63, 3.8) is 0 Å². The van der Waals surface area contributed by atoms with Crippen LogP contribution in [-0.2, 0) is 17.8 Å². The Bertz CT molecular complexity index is 413. The number of nitrogens with zero attached hydrogens (tertiary/aromatic N) is 1. The first-order chi connectivity index (χ1) is 8.22. The van der Waals surface area contributed by atoms with Crippen molar-refractivity contribution in [1.29, 1.82) is 0 Å². The van der Waals surface area contributed by atoms with Crippen molar-refractivity contribution < 1.29 is 4.79 Å². The van der Waals surface area contributed by atoms with Crippen LogP contribution in [0, 0.1) is 5.41 Å². The molecule has 0 aromatic carbocycles. The molecule has 1 heterocycles. The number of carbonyl (C=O) groups is 1. The number of nitrogens with two attached hydrogens (primary N) is 1. The quantitative estimate of drug-likeness (QED) is 0.797. The van der Waals surface area contributed by atoms with Crippen LogP contribution in [-0.4, -0.2) is 17.4 Å². The maximum atomic E-state index is 11.9. The van der Waals surface area contributed by atoms with Crippen LogP contribution in [0.2, 0.25) is 0 Å². The van der Waals surface area contributed by atoms with Crippen LogP contribution in [0.5, 0.6) is 0 Å². The maximum Gasteiger partial charge on any atom is 0.227 e. The number of aryl methyl sites for hydroxylation is 1. The van der Waals surface area contributed by atoms with Gasteiger partial charge in [0.2, 0.25) is 5.91 Å². The lowest BCUT2D eigenvalue weighted by molar-refractivity contribution is -0.126. The Balaban J connectivity index is 1.96. The van der Waals surface area contributed by atoms with Gasteiger partial charge in [-0.05, 0) is 30.9 Å². The Kier molecular flexibility index (Phi) is 3.43. The molecule has 2 rings (SSSR count). The Morgan fingerprint density at radius 3 is 2.94 bits per heavy atom. The largest absolute Gasteiger partial charge is 0.350 e. The van der Waals surface area contributed by atoms with E-state index < -0.39 is 0 Å². The molecule has 0 aliphatic heterocycles. The van der Waals surface area contributed by atoms with Crippen LogP contribution in [0.3, 0.4) is 0 Å². The van der Waals surface area contributed by atoms with E-state index in [2.05, 4.69) is 17.2 Å². The average molecular weight is 233 g/mol. The maximum absolute atomic E-state index is 11.9. The summed E-state index contributed by atoms with van der Waals surface area (Å²) in [5, 5.41) is 2.95. The molecule has 1 amide bonds. The summed E-state index contributed by atoms with van der Waals surface area (Å²) < 4.78 is 0. The molecule has 4 heteroatoms. The van der Waals surface area contributed by atoms with E-state index in [-0.39, 0.29) is 11.3 Å². The lowest BCUT2D eigenvalue weighted by Crippen LogP contribution is -2.36. The summed E-state index contributed by atoms with van der Waals surface area (Å²) in [6, 6.07) is 3.97. The average Bonchev–Trinajstić information content (AvgIpc) is 3.17. The van der Waals surface area contributed by atoms with Gasteiger partial charge in [0.05, 0.1) is 17.7 Å². The molecule has 1 fully saturated rings. The van der Waals surface area contributed by atoms with Gasteiger partial charge in [0, 0.05) is 12.7 Å². The molecule has 0 unspecified atom stereocenters. The van der Waals surface area contributed by atoms with Crippen LogP contribution < -0.4 is 11.1 Å². The fraction of sp³-hybridized carbons (Fsp3) is 0.538. The molecule has 3 N–H and O–H groups in total. The minimum absolute atomic E-state index is 0.0766. The zero-order chi connectivity index (χ0) is 12.3. The molecule has 0 atom stereocenters. The van der Waals surface area contributed by atoms with Crippen LogP contribution in [0.15, 0.2) is 18.3 Å². The monoisotopic (exact) mass is 233 g/mol. The molecule has 0 saturated heterocycles. The first kappa shape index (κ1) is 12.0. The third kappa shape index (κ3) is 2.47. The lowest BCUT2D eigenvalue weighted by atomic mass is 10.1. The summed E-state index contributed by atoms with van der Waals surface area (Å²) in [5.41, 5.74) is 7.48. The van der Waals surface area contributed by atoms with Crippen molar-refractivity contribution in [2.75, 3.05) is 6.54 Å². The molecule has 4 nitrogen and oxygen atoms in total. The standard InChI is InChI=1S/C13H19N3O/c1-2-10-4-3-7-15-11(10)8-16-12(17)13(9-14)5-6-13/h3-4,7H,2,5-6,8-9,14H2,1H3,(H,16,17). The Morgan fingerprint density at radius 1 is 1.59 bits per heavy atom.